The van der Waals surface area contributed by atoms with Crippen molar-refractivity contribution < 1.29 is 31.1 Å². The third-order valence-electron chi connectivity index (χ3n) is 4.92. The van der Waals surface area contributed by atoms with Crippen LogP contribution in [0.25, 0.3) is 0 Å². The zero-order chi connectivity index (χ0) is 27.2. The van der Waals surface area contributed by atoms with E-state index in [1.165, 1.54) is 23.2 Å². The standard InChI is InChI=1S/C15H11F3N6O2S.C6H10F3N/c1-7-12(13(26)22-8-2-3-11(25)21-4-8)14(27-24-7)23-10-6-19-9(5-20-10)15(16,17)18;7-6(8,9)5-10-3-1-2-4-10/h2-6H,1H3,(H,20,23)(H,21,25)(H,22,26);1-5H2. The summed E-state index contributed by atoms with van der Waals surface area (Å²) in [5.41, 5.74) is -0.447. The number of aromatic amines is 1. The fraction of sp³-hybridized carbons (Fsp3) is 0.381. The molecule has 0 bridgehead atoms. The number of hydrogen-bond donors (Lipinski definition) is 3. The molecule has 4 rings (SSSR count). The van der Waals surface area contributed by atoms with Crippen LogP contribution in [0.2, 0.25) is 0 Å². The summed E-state index contributed by atoms with van der Waals surface area (Å²) < 4.78 is 76.7. The zero-order valence-corrected chi connectivity index (χ0v) is 20.0. The van der Waals surface area contributed by atoms with Crippen LogP contribution in [0.1, 0.15) is 34.6 Å². The van der Waals surface area contributed by atoms with E-state index in [9.17, 15) is 35.9 Å². The van der Waals surface area contributed by atoms with Gasteiger partial charge >= 0.3 is 12.4 Å². The molecule has 0 radical (unpaired) electrons. The summed E-state index contributed by atoms with van der Waals surface area (Å²) in [5, 5.41) is 5.64. The number of nitrogens with zero attached hydrogens (tertiary/aromatic N) is 4. The number of carbonyl (C=O) groups excluding carboxylic acids is 1. The lowest BCUT2D eigenvalue weighted by Gasteiger charge is -2.16. The third-order valence-corrected chi connectivity index (χ3v) is 5.77. The van der Waals surface area contributed by atoms with Crippen molar-refractivity contribution in [3.05, 3.63) is 58.0 Å². The van der Waals surface area contributed by atoms with Gasteiger partial charge < -0.3 is 15.6 Å². The molecule has 9 nitrogen and oxygen atoms in total. The average Bonchev–Trinajstić information content (AvgIpc) is 3.44. The number of H-pyrrole nitrogens is 1. The smallest absolute Gasteiger partial charge is 0.329 e. The molecule has 0 spiro atoms. The highest BCUT2D eigenvalue weighted by Gasteiger charge is 2.33. The predicted molar refractivity (Wildman–Crippen MR) is 124 cm³/mol. The fourth-order valence-electron chi connectivity index (χ4n) is 3.25. The molecule has 0 saturated carbocycles. The van der Waals surface area contributed by atoms with Crippen molar-refractivity contribution in [1.29, 1.82) is 0 Å². The molecular formula is C21H21F6N7O2S. The van der Waals surface area contributed by atoms with E-state index in [1.54, 1.807) is 6.92 Å². The molecule has 1 saturated heterocycles. The summed E-state index contributed by atoms with van der Waals surface area (Å²) in [6.07, 6.45) is -3.92. The molecule has 1 aliphatic heterocycles. The molecule has 16 heteroatoms. The number of carbonyl (C=O) groups is 1. The maximum absolute atomic E-state index is 12.5. The Labute approximate surface area is 210 Å². The van der Waals surface area contributed by atoms with Gasteiger partial charge in [-0.15, -0.1) is 0 Å². The Bertz CT molecular complexity index is 1230. The summed E-state index contributed by atoms with van der Waals surface area (Å²) in [5.74, 6) is -0.472. The Hall–Kier alpha value is -3.53. The van der Waals surface area contributed by atoms with Crippen molar-refractivity contribution in [3.63, 3.8) is 0 Å². The summed E-state index contributed by atoms with van der Waals surface area (Å²) in [6.45, 7) is 2.11. The van der Waals surface area contributed by atoms with Crippen molar-refractivity contribution in [2.45, 2.75) is 32.1 Å². The molecule has 3 aromatic heterocycles. The summed E-state index contributed by atoms with van der Waals surface area (Å²) in [7, 11) is 0. The number of hydrogen-bond acceptors (Lipinski definition) is 8. The minimum Gasteiger partial charge on any atom is -0.329 e. The van der Waals surface area contributed by atoms with E-state index in [2.05, 4.69) is 30.0 Å². The average molecular weight is 550 g/mol. The van der Waals surface area contributed by atoms with E-state index in [-0.39, 0.29) is 16.9 Å². The van der Waals surface area contributed by atoms with Crippen LogP contribution in [-0.2, 0) is 6.18 Å². The topological polar surface area (TPSA) is 116 Å². The fourth-order valence-corrected chi connectivity index (χ4v) is 4.06. The maximum atomic E-state index is 12.5. The van der Waals surface area contributed by atoms with E-state index in [0.717, 1.165) is 30.6 Å². The van der Waals surface area contributed by atoms with E-state index in [1.807, 2.05) is 0 Å². The molecule has 1 fully saturated rings. The second-order valence-electron chi connectivity index (χ2n) is 7.88. The minimum atomic E-state index is -4.59. The van der Waals surface area contributed by atoms with Crippen LogP contribution in [0, 0.1) is 6.92 Å². The summed E-state index contributed by atoms with van der Waals surface area (Å²) in [4.78, 5) is 34.4. The first kappa shape index (κ1) is 28.0. The van der Waals surface area contributed by atoms with Crippen molar-refractivity contribution in [2.24, 2.45) is 0 Å². The Balaban J connectivity index is 0.000000319. The SMILES string of the molecule is Cc1nsc(Nc2cnc(C(F)(F)F)cn2)c1C(=O)Nc1ccc(=O)[nH]c1.FC(F)(F)CN1CCCC1. The predicted octanol–water partition coefficient (Wildman–Crippen LogP) is 4.59. The number of halogens is 6. The van der Waals surface area contributed by atoms with Crippen LogP contribution >= 0.6 is 11.5 Å². The van der Waals surface area contributed by atoms with Crippen molar-refractivity contribution in [2.75, 3.05) is 30.3 Å². The Morgan fingerprint density at radius 1 is 1.11 bits per heavy atom. The first-order valence-electron chi connectivity index (χ1n) is 10.7. The highest BCUT2D eigenvalue weighted by Crippen LogP contribution is 2.30. The normalized spacial score (nSPS) is 14.1. The number of aryl methyl sites for hydroxylation is 1. The van der Waals surface area contributed by atoms with Crippen molar-refractivity contribution in [3.8, 4) is 0 Å². The lowest BCUT2D eigenvalue weighted by atomic mass is 10.2. The van der Waals surface area contributed by atoms with Gasteiger partial charge in [0.2, 0.25) is 5.56 Å². The van der Waals surface area contributed by atoms with Crippen LogP contribution in [0.5, 0.6) is 0 Å². The van der Waals surface area contributed by atoms with Gasteiger partial charge in [-0.05, 0) is 50.5 Å². The highest BCUT2D eigenvalue weighted by atomic mass is 32.1. The number of amides is 1. The number of alkyl halides is 6. The number of likely N-dealkylation sites (tertiary alicyclic amines) is 1. The molecule has 0 atom stereocenters. The molecule has 1 aliphatic rings. The first-order chi connectivity index (χ1) is 17.3. The number of nitrogens with one attached hydrogen (secondary N) is 3. The number of pyridine rings is 1. The van der Waals surface area contributed by atoms with Crippen LogP contribution in [0.15, 0.2) is 35.5 Å². The number of anilines is 3. The first-order valence-corrected chi connectivity index (χ1v) is 11.5. The van der Waals surface area contributed by atoms with Gasteiger partial charge in [0.1, 0.15) is 10.8 Å². The molecule has 0 aromatic carbocycles. The molecule has 0 unspecified atom stereocenters. The molecule has 37 heavy (non-hydrogen) atoms. The van der Waals surface area contributed by atoms with Gasteiger partial charge in [-0.1, -0.05) is 0 Å². The lowest BCUT2D eigenvalue weighted by molar-refractivity contribution is -0.143. The van der Waals surface area contributed by atoms with E-state index < -0.39 is 30.5 Å². The second kappa shape index (κ2) is 11.7. The molecule has 1 amide bonds. The van der Waals surface area contributed by atoms with E-state index >= 15 is 0 Å². The zero-order valence-electron chi connectivity index (χ0n) is 19.2. The van der Waals surface area contributed by atoms with Crippen LogP contribution in [0.4, 0.5) is 42.8 Å². The number of aromatic nitrogens is 4. The van der Waals surface area contributed by atoms with Gasteiger partial charge in [0, 0.05) is 12.3 Å². The second-order valence-corrected chi connectivity index (χ2v) is 8.65. The van der Waals surface area contributed by atoms with Crippen LogP contribution in [-0.4, -0.2) is 55.9 Å². The van der Waals surface area contributed by atoms with Gasteiger partial charge in [-0.2, -0.15) is 30.7 Å². The Morgan fingerprint density at radius 3 is 2.35 bits per heavy atom. The van der Waals surface area contributed by atoms with Gasteiger partial charge in [0.05, 0.1) is 35.9 Å². The minimum absolute atomic E-state index is 0.0322. The van der Waals surface area contributed by atoms with Crippen LogP contribution in [0.3, 0.4) is 0 Å². The van der Waals surface area contributed by atoms with Gasteiger partial charge in [-0.25, -0.2) is 9.97 Å². The Morgan fingerprint density at radius 2 is 1.81 bits per heavy atom. The molecular weight excluding hydrogens is 528 g/mol. The lowest BCUT2D eigenvalue weighted by Crippen LogP contribution is -2.31. The molecule has 3 N–H and O–H groups in total. The summed E-state index contributed by atoms with van der Waals surface area (Å²) in [6, 6.07) is 2.69. The van der Waals surface area contributed by atoms with Crippen molar-refractivity contribution in [1.82, 2.24) is 24.2 Å². The monoisotopic (exact) mass is 549 g/mol. The van der Waals surface area contributed by atoms with Crippen molar-refractivity contribution >= 4 is 33.9 Å². The van der Waals surface area contributed by atoms with Gasteiger partial charge in [0.25, 0.3) is 5.91 Å². The van der Waals surface area contributed by atoms with Crippen LogP contribution < -0.4 is 16.2 Å². The highest BCUT2D eigenvalue weighted by molar-refractivity contribution is 7.10. The molecule has 0 aliphatic carbocycles. The molecule has 4 heterocycles. The molecule has 200 valence electrons. The molecule has 3 aromatic rings. The van der Waals surface area contributed by atoms with E-state index in [4.69, 9.17) is 0 Å². The third kappa shape index (κ3) is 8.52. The Kier molecular flexibility index (Phi) is 8.85. The van der Waals surface area contributed by atoms with E-state index in [0.29, 0.717) is 35.7 Å². The van der Waals surface area contributed by atoms with Gasteiger partial charge in [0.15, 0.2) is 5.69 Å². The largest absolute Gasteiger partial charge is 0.434 e. The van der Waals surface area contributed by atoms with Gasteiger partial charge in [-0.3, -0.25) is 14.5 Å². The number of rotatable bonds is 5. The quantitative estimate of drug-likeness (QED) is 0.399. The maximum Gasteiger partial charge on any atom is 0.434 e. The summed E-state index contributed by atoms with van der Waals surface area (Å²) >= 11 is 0.952.